The number of amides is 1. The number of carbonyl (C=O) groups excluding carboxylic acids is 1. The number of hydrogen-bond donors (Lipinski definition) is 1. The minimum absolute atomic E-state index is 0. The Labute approximate surface area is 158 Å². The van der Waals surface area contributed by atoms with E-state index in [-0.39, 0.29) is 18.3 Å². The van der Waals surface area contributed by atoms with E-state index in [1.807, 2.05) is 24.0 Å². The molecule has 1 aromatic heterocycles. The van der Waals surface area contributed by atoms with E-state index in [1.165, 1.54) is 4.80 Å². The Morgan fingerprint density at radius 1 is 1.40 bits per heavy atom. The molecular formula is C16H22Cl2N6O. The molecule has 1 fully saturated rings. The molecule has 0 spiro atoms. The van der Waals surface area contributed by atoms with Gasteiger partial charge in [0.25, 0.3) is 0 Å². The predicted octanol–water partition coefficient (Wildman–Crippen LogP) is 2.19. The highest BCUT2D eigenvalue weighted by Crippen LogP contribution is 2.19. The molecule has 1 amide bonds. The van der Waals surface area contributed by atoms with E-state index in [0.29, 0.717) is 36.4 Å². The Morgan fingerprint density at radius 3 is 2.76 bits per heavy atom. The van der Waals surface area contributed by atoms with Crippen LogP contribution in [0, 0.1) is 0 Å². The molecule has 2 aromatic rings. The lowest BCUT2D eigenvalue weighted by molar-refractivity contribution is -0.136. The number of piperazine rings is 1. The number of tetrazole rings is 1. The van der Waals surface area contributed by atoms with Gasteiger partial charge in [-0.05, 0) is 42.8 Å². The molecule has 25 heavy (non-hydrogen) atoms. The lowest BCUT2D eigenvalue weighted by atomic mass is 10.1. The molecule has 2 heterocycles. The average molecular weight is 385 g/mol. The second-order valence-electron chi connectivity index (χ2n) is 6.00. The van der Waals surface area contributed by atoms with Crippen molar-refractivity contribution >= 4 is 29.9 Å². The number of nitrogens with zero attached hydrogens (tertiary/aromatic N) is 5. The zero-order valence-corrected chi connectivity index (χ0v) is 15.8. The lowest BCUT2D eigenvalue weighted by Gasteiger charge is -2.33. The minimum Gasteiger partial charge on any atom is -0.338 e. The average Bonchev–Trinajstić information content (AvgIpc) is 3.06. The zero-order valence-electron chi connectivity index (χ0n) is 14.2. The van der Waals surface area contributed by atoms with Gasteiger partial charge in [-0.25, -0.2) is 0 Å². The van der Waals surface area contributed by atoms with Crippen LogP contribution in [-0.4, -0.2) is 56.7 Å². The van der Waals surface area contributed by atoms with Gasteiger partial charge in [0.2, 0.25) is 11.7 Å². The van der Waals surface area contributed by atoms with Crippen molar-refractivity contribution in [1.82, 2.24) is 30.4 Å². The van der Waals surface area contributed by atoms with E-state index >= 15 is 0 Å². The predicted molar refractivity (Wildman–Crippen MR) is 98.9 cm³/mol. The maximum atomic E-state index is 12.8. The number of nitrogens with one attached hydrogen (secondary N) is 1. The summed E-state index contributed by atoms with van der Waals surface area (Å²) in [4.78, 5) is 16.1. The molecule has 0 bridgehead atoms. The summed E-state index contributed by atoms with van der Waals surface area (Å²) < 4.78 is 0. The van der Waals surface area contributed by atoms with E-state index in [9.17, 15) is 4.79 Å². The summed E-state index contributed by atoms with van der Waals surface area (Å²) in [7, 11) is 0. The second kappa shape index (κ2) is 8.60. The quantitative estimate of drug-likeness (QED) is 0.873. The smallest absolute Gasteiger partial charge is 0.249 e. The number of carbonyl (C=O) groups is 1. The Bertz CT molecular complexity index is 705. The summed E-state index contributed by atoms with van der Waals surface area (Å²) >= 11 is 5.90. The van der Waals surface area contributed by atoms with Gasteiger partial charge in [-0.3, -0.25) is 4.79 Å². The Morgan fingerprint density at radius 2 is 2.12 bits per heavy atom. The fourth-order valence-corrected chi connectivity index (χ4v) is 2.98. The van der Waals surface area contributed by atoms with Gasteiger partial charge >= 0.3 is 0 Å². The van der Waals surface area contributed by atoms with Crippen molar-refractivity contribution < 1.29 is 4.79 Å². The maximum absolute atomic E-state index is 12.8. The Kier molecular flexibility index (Phi) is 6.75. The lowest BCUT2D eigenvalue weighted by Crippen LogP contribution is -2.53. The molecule has 7 nitrogen and oxygen atoms in total. The van der Waals surface area contributed by atoms with Gasteiger partial charge in [-0.1, -0.05) is 18.5 Å². The first-order chi connectivity index (χ1) is 11.6. The summed E-state index contributed by atoms with van der Waals surface area (Å²) in [5.41, 5.74) is 0.823. The first-order valence-electron chi connectivity index (χ1n) is 8.16. The molecule has 0 saturated carbocycles. The summed E-state index contributed by atoms with van der Waals surface area (Å²) in [6.07, 6.45) is 0.619. The van der Waals surface area contributed by atoms with Crippen molar-refractivity contribution in [2.75, 3.05) is 19.6 Å². The van der Waals surface area contributed by atoms with Gasteiger partial charge in [0.15, 0.2) is 6.04 Å². The molecular weight excluding hydrogens is 363 g/mol. The monoisotopic (exact) mass is 384 g/mol. The fourth-order valence-electron chi connectivity index (χ4n) is 2.85. The normalized spacial score (nSPS) is 18.5. The maximum Gasteiger partial charge on any atom is 0.249 e. The minimum atomic E-state index is -0.427. The highest BCUT2D eigenvalue weighted by Gasteiger charge is 2.29. The summed E-state index contributed by atoms with van der Waals surface area (Å²) in [5.74, 6) is 0.539. The van der Waals surface area contributed by atoms with Crippen molar-refractivity contribution in [1.29, 1.82) is 0 Å². The van der Waals surface area contributed by atoms with Gasteiger partial charge in [-0.2, -0.15) is 4.80 Å². The number of hydrogen-bond acceptors (Lipinski definition) is 5. The molecule has 9 heteroatoms. The van der Waals surface area contributed by atoms with Crippen LogP contribution in [0.25, 0.3) is 11.4 Å². The summed E-state index contributed by atoms with van der Waals surface area (Å²) in [6.45, 7) is 6.25. The standard InChI is InChI=1S/C16H21ClN6O.ClH/c1-3-14(16(24)22-9-8-18-11(2)10-22)23-20-15(19-21-23)12-4-6-13(17)7-5-12;/h4-7,11,14,18H,3,8-10H2,1-2H3;1H. The van der Waals surface area contributed by atoms with Crippen molar-refractivity contribution in [2.45, 2.75) is 32.4 Å². The van der Waals surface area contributed by atoms with Crippen molar-refractivity contribution in [3.63, 3.8) is 0 Å². The van der Waals surface area contributed by atoms with Crippen LogP contribution < -0.4 is 5.32 Å². The highest BCUT2D eigenvalue weighted by molar-refractivity contribution is 6.30. The third kappa shape index (κ3) is 4.48. The van der Waals surface area contributed by atoms with Gasteiger partial charge in [0, 0.05) is 36.3 Å². The van der Waals surface area contributed by atoms with Crippen LogP contribution >= 0.6 is 24.0 Å². The number of rotatable bonds is 4. The molecule has 1 aliphatic heterocycles. The van der Waals surface area contributed by atoms with Crippen LogP contribution in [0.5, 0.6) is 0 Å². The molecule has 1 aliphatic rings. The highest BCUT2D eigenvalue weighted by atomic mass is 35.5. The molecule has 0 aliphatic carbocycles. The third-order valence-corrected chi connectivity index (χ3v) is 4.41. The molecule has 136 valence electrons. The molecule has 1 aromatic carbocycles. The number of halogens is 2. The van der Waals surface area contributed by atoms with E-state index in [0.717, 1.165) is 12.1 Å². The van der Waals surface area contributed by atoms with Crippen LogP contribution in [0.4, 0.5) is 0 Å². The number of aromatic nitrogens is 4. The molecule has 0 radical (unpaired) electrons. The Hall–Kier alpha value is -1.70. The van der Waals surface area contributed by atoms with Crippen molar-refractivity contribution in [3.8, 4) is 11.4 Å². The largest absolute Gasteiger partial charge is 0.338 e. The van der Waals surface area contributed by atoms with E-state index in [2.05, 4.69) is 27.7 Å². The summed E-state index contributed by atoms with van der Waals surface area (Å²) in [5, 5.41) is 16.6. The van der Waals surface area contributed by atoms with E-state index in [4.69, 9.17) is 11.6 Å². The van der Waals surface area contributed by atoms with Crippen LogP contribution in [0.2, 0.25) is 5.02 Å². The van der Waals surface area contributed by atoms with Crippen LogP contribution in [0.3, 0.4) is 0 Å². The van der Waals surface area contributed by atoms with Crippen LogP contribution in [-0.2, 0) is 4.79 Å². The Balaban J connectivity index is 0.00000225. The van der Waals surface area contributed by atoms with Gasteiger partial charge < -0.3 is 10.2 Å². The zero-order chi connectivity index (χ0) is 17.1. The third-order valence-electron chi connectivity index (χ3n) is 4.16. The summed E-state index contributed by atoms with van der Waals surface area (Å²) in [6, 6.07) is 7.11. The molecule has 1 N–H and O–H groups in total. The SMILES string of the molecule is CCC(C(=O)N1CCNC(C)C1)n1nnc(-c2ccc(Cl)cc2)n1.Cl. The van der Waals surface area contributed by atoms with Gasteiger partial charge in [0.05, 0.1) is 0 Å². The molecule has 1 saturated heterocycles. The number of benzene rings is 1. The molecule has 2 unspecified atom stereocenters. The second-order valence-corrected chi connectivity index (χ2v) is 6.44. The van der Waals surface area contributed by atoms with Gasteiger partial charge in [-0.15, -0.1) is 22.6 Å². The molecule has 2 atom stereocenters. The first kappa shape index (κ1) is 19.6. The van der Waals surface area contributed by atoms with Crippen LogP contribution in [0.15, 0.2) is 24.3 Å². The van der Waals surface area contributed by atoms with Crippen molar-refractivity contribution in [3.05, 3.63) is 29.3 Å². The molecule has 3 rings (SSSR count). The topological polar surface area (TPSA) is 75.9 Å². The van der Waals surface area contributed by atoms with Crippen LogP contribution in [0.1, 0.15) is 26.3 Å². The first-order valence-corrected chi connectivity index (χ1v) is 8.54. The van der Waals surface area contributed by atoms with E-state index in [1.54, 1.807) is 12.1 Å². The van der Waals surface area contributed by atoms with E-state index < -0.39 is 6.04 Å². The van der Waals surface area contributed by atoms with Crippen molar-refractivity contribution in [2.24, 2.45) is 0 Å². The van der Waals surface area contributed by atoms with Gasteiger partial charge in [0.1, 0.15) is 0 Å². The fraction of sp³-hybridized carbons (Fsp3) is 0.500.